The first-order chi connectivity index (χ1) is 11.7. The first kappa shape index (κ1) is 23.5. The van der Waals surface area contributed by atoms with Crippen LogP contribution in [0.3, 0.4) is 0 Å². The maximum absolute atomic E-state index is 9.38. The summed E-state index contributed by atoms with van der Waals surface area (Å²) in [7, 11) is 0. The van der Waals surface area contributed by atoms with Gasteiger partial charge in [-0.15, -0.1) is 0 Å². The van der Waals surface area contributed by atoms with Gasteiger partial charge in [-0.2, -0.15) is 0 Å². The van der Waals surface area contributed by atoms with Crippen LogP contribution in [0.2, 0.25) is 0 Å². The quantitative estimate of drug-likeness (QED) is 0.210. The van der Waals surface area contributed by atoms with E-state index in [-0.39, 0.29) is 5.76 Å². The lowest BCUT2D eigenvalue weighted by Crippen LogP contribution is -2.14. The molecule has 0 rings (SSSR count). The Bertz CT molecular complexity index is 276. The van der Waals surface area contributed by atoms with E-state index in [4.69, 9.17) is 5.11 Å². The molecular weight excluding hydrogens is 300 g/mol. The summed E-state index contributed by atoms with van der Waals surface area (Å²) in [5, 5.41) is 27.3. The van der Waals surface area contributed by atoms with Crippen molar-refractivity contribution in [3.05, 3.63) is 11.8 Å². The first-order valence-corrected chi connectivity index (χ1v) is 10.4. The lowest BCUT2D eigenvalue weighted by Gasteiger charge is -2.05. The first-order valence-electron chi connectivity index (χ1n) is 10.4. The number of hydrogen-bond donors (Lipinski definition) is 3. The molecule has 0 amide bonds. The molecule has 0 spiro atoms. The van der Waals surface area contributed by atoms with Crippen LogP contribution in [0.4, 0.5) is 0 Å². The highest BCUT2D eigenvalue weighted by Crippen LogP contribution is 2.14. The van der Waals surface area contributed by atoms with Gasteiger partial charge in [-0.05, 0) is 18.9 Å². The van der Waals surface area contributed by atoms with Crippen molar-refractivity contribution in [3.8, 4) is 0 Å². The fourth-order valence-corrected chi connectivity index (χ4v) is 3.00. The van der Waals surface area contributed by atoms with E-state index >= 15 is 0 Å². The van der Waals surface area contributed by atoms with Gasteiger partial charge in [0.1, 0.15) is 11.9 Å². The average Bonchev–Trinajstić information content (AvgIpc) is 2.60. The van der Waals surface area contributed by atoms with Gasteiger partial charge in [0.2, 0.25) is 0 Å². The Morgan fingerprint density at radius 1 is 0.708 bits per heavy atom. The summed E-state index contributed by atoms with van der Waals surface area (Å²) in [5.74, 6) is -0.0946. The molecule has 144 valence electrons. The lowest BCUT2D eigenvalue weighted by molar-refractivity contribution is 0.0866. The summed E-state index contributed by atoms with van der Waals surface area (Å²) >= 11 is 0. The molecule has 3 heteroatoms. The number of allylic oxidation sites excluding steroid dienone is 1. The van der Waals surface area contributed by atoms with Crippen LogP contribution in [-0.4, -0.2) is 28.0 Å². The van der Waals surface area contributed by atoms with Crippen molar-refractivity contribution in [2.75, 3.05) is 6.61 Å². The van der Waals surface area contributed by atoms with Crippen LogP contribution in [-0.2, 0) is 0 Å². The van der Waals surface area contributed by atoms with Crippen LogP contribution in [0.15, 0.2) is 11.8 Å². The predicted molar refractivity (Wildman–Crippen MR) is 103 cm³/mol. The third-order valence-corrected chi connectivity index (χ3v) is 4.68. The van der Waals surface area contributed by atoms with Crippen LogP contribution in [0.25, 0.3) is 0 Å². The van der Waals surface area contributed by atoms with Gasteiger partial charge in [0, 0.05) is 0 Å². The van der Waals surface area contributed by atoms with Gasteiger partial charge < -0.3 is 15.3 Å². The van der Waals surface area contributed by atoms with Gasteiger partial charge in [0.15, 0.2) is 0 Å². The second-order valence-corrected chi connectivity index (χ2v) is 7.07. The highest BCUT2D eigenvalue weighted by atomic mass is 16.3. The summed E-state index contributed by atoms with van der Waals surface area (Å²) < 4.78 is 0. The largest absolute Gasteiger partial charge is 0.510 e. The SMILES string of the molecule is CCCCCCCCCCCCCCCCC/C=C(\O)C(O)CO. The van der Waals surface area contributed by atoms with Gasteiger partial charge in [-0.25, -0.2) is 0 Å². The molecule has 0 heterocycles. The molecule has 3 nitrogen and oxygen atoms in total. The standard InChI is InChI=1S/C21H42O3/c1-2-3-4-5-6-7-8-9-10-11-12-13-14-15-16-17-18-20(23)21(24)19-22/h18,21-24H,2-17,19H2,1H3/b20-18-. The normalized spacial score (nSPS) is 13.4. The van der Waals surface area contributed by atoms with E-state index in [2.05, 4.69) is 6.92 Å². The van der Waals surface area contributed by atoms with E-state index < -0.39 is 12.7 Å². The summed E-state index contributed by atoms with van der Waals surface area (Å²) in [4.78, 5) is 0. The van der Waals surface area contributed by atoms with E-state index in [0.717, 1.165) is 12.8 Å². The molecule has 0 aliphatic carbocycles. The number of aliphatic hydroxyl groups excluding tert-OH is 3. The minimum Gasteiger partial charge on any atom is -0.510 e. The zero-order chi connectivity index (χ0) is 17.9. The molecule has 0 saturated carbocycles. The monoisotopic (exact) mass is 342 g/mol. The minimum atomic E-state index is -1.11. The Hall–Kier alpha value is -0.540. The van der Waals surface area contributed by atoms with Gasteiger partial charge in [-0.1, -0.05) is 96.8 Å². The van der Waals surface area contributed by atoms with Crippen molar-refractivity contribution in [1.29, 1.82) is 0 Å². The Morgan fingerprint density at radius 3 is 1.46 bits per heavy atom. The van der Waals surface area contributed by atoms with Crippen molar-refractivity contribution in [1.82, 2.24) is 0 Å². The van der Waals surface area contributed by atoms with Crippen LogP contribution >= 0.6 is 0 Å². The second kappa shape index (κ2) is 18.8. The molecule has 0 radical (unpaired) electrons. The van der Waals surface area contributed by atoms with Crippen molar-refractivity contribution in [3.63, 3.8) is 0 Å². The van der Waals surface area contributed by atoms with Crippen molar-refractivity contribution >= 4 is 0 Å². The number of rotatable bonds is 18. The van der Waals surface area contributed by atoms with Crippen LogP contribution in [0.5, 0.6) is 0 Å². The molecule has 3 N–H and O–H groups in total. The molecule has 1 atom stereocenters. The van der Waals surface area contributed by atoms with E-state index in [0.29, 0.717) is 0 Å². The predicted octanol–water partition coefficient (Wildman–Crippen LogP) is 6.04. The molecule has 0 aromatic rings. The third kappa shape index (κ3) is 16.3. The summed E-state index contributed by atoms with van der Waals surface area (Å²) in [6, 6.07) is 0. The van der Waals surface area contributed by atoms with Gasteiger partial charge in [0.25, 0.3) is 0 Å². The van der Waals surface area contributed by atoms with E-state index in [1.165, 1.54) is 89.9 Å². The molecule has 24 heavy (non-hydrogen) atoms. The maximum Gasteiger partial charge on any atom is 0.133 e. The van der Waals surface area contributed by atoms with Gasteiger partial charge in [0.05, 0.1) is 6.61 Å². The molecule has 0 fully saturated rings. The third-order valence-electron chi connectivity index (χ3n) is 4.68. The molecule has 0 aliphatic rings. The van der Waals surface area contributed by atoms with E-state index in [9.17, 15) is 10.2 Å². The zero-order valence-corrected chi connectivity index (χ0v) is 16.0. The second-order valence-electron chi connectivity index (χ2n) is 7.07. The zero-order valence-electron chi connectivity index (χ0n) is 16.0. The van der Waals surface area contributed by atoms with Crippen molar-refractivity contribution in [2.45, 2.75) is 116 Å². The molecule has 1 unspecified atom stereocenters. The fourth-order valence-electron chi connectivity index (χ4n) is 3.00. The van der Waals surface area contributed by atoms with Crippen molar-refractivity contribution in [2.24, 2.45) is 0 Å². The number of unbranched alkanes of at least 4 members (excludes halogenated alkanes) is 15. The van der Waals surface area contributed by atoms with Crippen molar-refractivity contribution < 1.29 is 15.3 Å². The molecule has 0 bridgehead atoms. The summed E-state index contributed by atoms with van der Waals surface area (Å²) in [6.45, 7) is 1.85. The lowest BCUT2D eigenvalue weighted by atomic mass is 10.0. The molecule has 0 aromatic carbocycles. The highest BCUT2D eigenvalue weighted by Gasteiger charge is 2.05. The topological polar surface area (TPSA) is 60.7 Å². The summed E-state index contributed by atoms with van der Waals surface area (Å²) in [5.41, 5.74) is 0. The Kier molecular flexibility index (Phi) is 18.4. The summed E-state index contributed by atoms with van der Waals surface area (Å²) in [6.07, 6.45) is 21.5. The molecule has 0 aliphatic heterocycles. The Morgan fingerprint density at radius 2 is 1.08 bits per heavy atom. The van der Waals surface area contributed by atoms with Crippen LogP contribution in [0.1, 0.15) is 110 Å². The van der Waals surface area contributed by atoms with E-state index in [1.54, 1.807) is 6.08 Å². The number of aliphatic hydroxyl groups is 3. The fraction of sp³-hybridized carbons (Fsp3) is 0.905. The maximum atomic E-state index is 9.38. The number of hydrogen-bond acceptors (Lipinski definition) is 3. The van der Waals surface area contributed by atoms with Gasteiger partial charge in [-0.3, -0.25) is 0 Å². The molecule has 0 aromatic heterocycles. The highest BCUT2D eigenvalue weighted by molar-refractivity contribution is 4.97. The van der Waals surface area contributed by atoms with Crippen LogP contribution in [0, 0.1) is 0 Å². The van der Waals surface area contributed by atoms with Crippen LogP contribution < -0.4 is 0 Å². The molecule has 0 saturated heterocycles. The minimum absolute atomic E-state index is 0.0946. The van der Waals surface area contributed by atoms with E-state index in [1.807, 2.05) is 0 Å². The average molecular weight is 343 g/mol. The van der Waals surface area contributed by atoms with Gasteiger partial charge >= 0.3 is 0 Å². The smallest absolute Gasteiger partial charge is 0.133 e. The molecular formula is C21H42O3. The Labute approximate surface area is 150 Å². The Balaban J connectivity index is 3.15.